The zero-order valence-corrected chi connectivity index (χ0v) is 10.5. The van der Waals surface area contributed by atoms with Gasteiger partial charge in [-0.15, -0.1) is 0 Å². The average Bonchev–Trinajstić information content (AvgIpc) is 2.34. The van der Waals surface area contributed by atoms with Crippen molar-refractivity contribution in [2.24, 2.45) is 4.99 Å². The Morgan fingerprint density at radius 2 is 1.88 bits per heavy atom. The molecule has 2 rings (SSSR count). The predicted octanol–water partition coefficient (Wildman–Crippen LogP) is 4.01. The minimum Gasteiger partial charge on any atom is -0.288 e. The molecule has 17 heavy (non-hydrogen) atoms. The summed E-state index contributed by atoms with van der Waals surface area (Å²) in [5.41, 5.74) is 1.80. The molecule has 0 radical (unpaired) electrons. The smallest absolute Gasteiger partial charge is 0.0655 e. The zero-order chi connectivity index (χ0) is 12.1. The lowest BCUT2D eigenvalue weighted by Gasteiger charge is -2.00. The molecule has 0 aliphatic rings. The van der Waals surface area contributed by atoms with Crippen LogP contribution in [0.15, 0.2) is 47.7 Å². The minimum absolute atomic E-state index is 0.565. The summed E-state index contributed by atoms with van der Waals surface area (Å²) in [7, 11) is 0. The summed E-state index contributed by atoms with van der Waals surface area (Å²) >= 11 is 12.0. The van der Waals surface area contributed by atoms with Gasteiger partial charge in [-0.25, -0.2) is 0 Å². The van der Waals surface area contributed by atoms with Gasteiger partial charge in [0.1, 0.15) is 0 Å². The van der Waals surface area contributed by atoms with E-state index in [1.807, 2.05) is 18.2 Å². The highest BCUT2D eigenvalue weighted by Gasteiger charge is 2.01. The number of benzene rings is 1. The van der Waals surface area contributed by atoms with Crippen molar-refractivity contribution in [3.8, 4) is 0 Å². The van der Waals surface area contributed by atoms with E-state index < -0.39 is 0 Å². The Morgan fingerprint density at radius 1 is 1.12 bits per heavy atom. The number of nitrogens with zero attached hydrogens (tertiary/aromatic N) is 2. The van der Waals surface area contributed by atoms with Gasteiger partial charge in [-0.3, -0.25) is 9.98 Å². The summed E-state index contributed by atoms with van der Waals surface area (Å²) < 4.78 is 0. The molecule has 0 saturated carbocycles. The first-order valence-corrected chi connectivity index (χ1v) is 5.85. The Balaban J connectivity index is 2.11. The molecule has 0 bridgehead atoms. The lowest BCUT2D eigenvalue weighted by atomic mass is 10.2. The highest BCUT2D eigenvalue weighted by Crippen LogP contribution is 2.22. The standard InChI is InChI=1S/C13H10Cl2N2/c14-12-4-1-5-13(15)11(12)9-17-8-10-3-2-6-16-7-10/h1-7,9H,8H2. The summed E-state index contributed by atoms with van der Waals surface area (Å²) in [6, 6.07) is 9.24. The average molecular weight is 265 g/mol. The van der Waals surface area contributed by atoms with Gasteiger partial charge in [-0.05, 0) is 23.8 Å². The molecule has 86 valence electrons. The minimum atomic E-state index is 0.565. The molecular formula is C13H10Cl2N2. The summed E-state index contributed by atoms with van der Waals surface area (Å²) in [6.45, 7) is 0.565. The zero-order valence-electron chi connectivity index (χ0n) is 8.98. The van der Waals surface area contributed by atoms with E-state index in [0.717, 1.165) is 11.1 Å². The molecule has 4 heteroatoms. The number of rotatable bonds is 3. The number of hydrogen-bond donors (Lipinski definition) is 0. The molecule has 2 nitrogen and oxygen atoms in total. The van der Waals surface area contributed by atoms with Gasteiger partial charge in [0.2, 0.25) is 0 Å². The van der Waals surface area contributed by atoms with Gasteiger partial charge in [0.25, 0.3) is 0 Å². The molecule has 1 aromatic heterocycles. The highest BCUT2D eigenvalue weighted by atomic mass is 35.5. The lowest BCUT2D eigenvalue weighted by Crippen LogP contribution is -1.87. The second-order valence-corrected chi connectivity index (χ2v) is 4.28. The van der Waals surface area contributed by atoms with Crippen LogP contribution in [0.25, 0.3) is 0 Å². The topological polar surface area (TPSA) is 25.2 Å². The van der Waals surface area contributed by atoms with Crippen molar-refractivity contribution in [1.82, 2.24) is 4.98 Å². The van der Waals surface area contributed by atoms with Crippen molar-refractivity contribution >= 4 is 29.4 Å². The van der Waals surface area contributed by atoms with Crippen LogP contribution in [0.4, 0.5) is 0 Å². The molecule has 1 aromatic carbocycles. The van der Waals surface area contributed by atoms with Crippen LogP contribution < -0.4 is 0 Å². The van der Waals surface area contributed by atoms with Crippen molar-refractivity contribution in [1.29, 1.82) is 0 Å². The van der Waals surface area contributed by atoms with Gasteiger partial charge in [-0.2, -0.15) is 0 Å². The largest absolute Gasteiger partial charge is 0.288 e. The van der Waals surface area contributed by atoms with Gasteiger partial charge in [0.05, 0.1) is 16.6 Å². The van der Waals surface area contributed by atoms with E-state index in [-0.39, 0.29) is 0 Å². The van der Waals surface area contributed by atoms with Crippen molar-refractivity contribution < 1.29 is 0 Å². The summed E-state index contributed by atoms with van der Waals surface area (Å²) in [6.07, 6.45) is 5.21. The van der Waals surface area contributed by atoms with E-state index in [9.17, 15) is 0 Å². The first-order valence-electron chi connectivity index (χ1n) is 5.10. The molecular weight excluding hydrogens is 255 g/mol. The summed E-state index contributed by atoms with van der Waals surface area (Å²) in [5.74, 6) is 0. The van der Waals surface area contributed by atoms with Crippen LogP contribution in [0, 0.1) is 0 Å². The molecule has 0 amide bonds. The van der Waals surface area contributed by atoms with Gasteiger partial charge in [-0.1, -0.05) is 35.3 Å². The lowest BCUT2D eigenvalue weighted by molar-refractivity contribution is 1.05. The van der Waals surface area contributed by atoms with E-state index >= 15 is 0 Å². The van der Waals surface area contributed by atoms with E-state index in [0.29, 0.717) is 16.6 Å². The Bertz CT molecular complexity index is 504. The van der Waals surface area contributed by atoms with Crippen LogP contribution in [0.5, 0.6) is 0 Å². The number of aliphatic imine (C=N–C) groups is 1. The number of halogens is 2. The molecule has 0 unspecified atom stereocenters. The van der Waals surface area contributed by atoms with E-state index in [1.54, 1.807) is 30.7 Å². The van der Waals surface area contributed by atoms with Crippen LogP contribution >= 0.6 is 23.2 Å². The molecule has 0 fully saturated rings. The normalized spacial score (nSPS) is 10.9. The first kappa shape index (κ1) is 12.1. The van der Waals surface area contributed by atoms with Gasteiger partial charge < -0.3 is 0 Å². The Labute approximate surface area is 110 Å². The Kier molecular flexibility index (Phi) is 4.13. The van der Waals surface area contributed by atoms with Crippen molar-refractivity contribution in [3.05, 3.63) is 63.9 Å². The van der Waals surface area contributed by atoms with Crippen LogP contribution in [0.1, 0.15) is 11.1 Å². The van der Waals surface area contributed by atoms with Crippen molar-refractivity contribution in [3.63, 3.8) is 0 Å². The molecule has 2 aromatic rings. The number of hydrogen-bond acceptors (Lipinski definition) is 2. The molecule has 0 N–H and O–H groups in total. The third kappa shape index (κ3) is 3.29. The number of aromatic nitrogens is 1. The SMILES string of the molecule is Clc1cccc(Cl)c1C=NCc1cccnc1. The van der Waals surface area contributed by atoms with E-state index in [2.05, 4.69) is 9.98 Å². The van der Waals surface area contributed by atoms with E-state index in [4.69, 9.17) is 23.2 Å². The van der Waals surface area contributed by atoms with Crippen molar-refractivity contribution in [2.45, 2.75) is 6.54 Å². The quantitative estimate of drug-likeness (QED) is 0.770. The number of pyridine rings is 1. The molecule has 1 heterocycles. The van der Waals surface area contributed by atoms with Crippen LogP contribution in [-0.4, -0.2) is 11.2 Å². The van der Waals surface area contributed by atoms with Crippen LogP contribution in [0.3, 0.4) is 0 Å². The van der Waals surface area contributed by atoms with E-state index in [1.165, 1.54) is 0 Å². The second kappa shape index (κ2) is 5.80. The second-order valence-electron chi connectivity index (χ2n) is 3.47. The molecule has 0 spiro atoms. The summed E-state index contributed by atoms with van der Waals surface area (Å²) in [5, 5.41) is 1.21. The molecule has 0 aliphatic heterocycles. The first-order chi connectivity index (χ1) is 8.27. The monoisotopic (exact) mass is 264 g/mol. The molecule has 0 saturated heterocycles. The maximum Gasteiger partial charge on any atom is 0.0655 e. The third-order valence-corrected chi connectivity index (χ3v) is 2.88. The molecule has 0 aliphatic carbocycles. The van der Waals surface area contributed by atoms with Gasteiger partial charge in [0.15, 0.2) is 0 Å². The highest BCUT2D eigenvalue weighted by molar-refractivity contribution is 6.38. The third-order valence-electron chi connectivity index (χ3n) is 2.22. The van der Waals surface area contributed by atoms with Crippen LogP contribution in [-0.2, 0) is 6.54 Å². The molecule has 0 atom stereocenters. The maximum atomic E-state index is 6.02. The predicted molar refractivity (Wildman–Crippen MR) is 72.0 cm³/mol. The van der Waals surface area contributed by atoms with Gasteiger partial charge >= 0.3 is 0 Å². The Morgan fingerprint density at radius 3 is 2.53 bits per heavy atom. The fourth-order valence-electron chi connectivity index (χ4n) is 1.37. The maximum absolute atomic E-state index is 6.02. The van der Waals surface area contributed by atoms with Crippen molar-refractivity contribution in [2.75, 3.05) is 0 Å². The fourth-order valence-corrected chi connectivity index (χ4v) is 1.86. The van der Waals surface area contributed by atoms with Crippen LogP contribution in [0.2, 0.25) is 10.0 Å². The van der Waals surface area contributed by atoms with Gasteiger partial charge in [0, 0.05) is 24.2 Å². The fraction of sp³-hybridized carbons (Fsp3) is 0.0769. The Hall–Kier alpha value is -1.38. The summed E-state index contributed by atoms with van der Waals surface area (Å²) in [4.78, 5) is 8.32.